The molecule has 0 aliphatic heterocycles. The van der Waals surface area contributed by atoms with Gasteiger partial charge in [0.2, 0.25) is 0 Å². The molecule has 144 valence electrons. The number of nitrogens with two attached hydrogens (primary N) is 1. The average Bonchev–Trinajstić information content (AvgIpc) is 2.68. The molecule has 0 saturated heterocycles. The smallest absolute Gasteiger partial charge is 0.342 e. The summed E-state index contributed by atoms with van der Waals surface area (Å²) < 4.78 is 20.4. The number of carbonyl (C=O) groups is 2. The minimum Gasteiger partial charge on any atom is -0.497 e. The Labute approximate surface area is 161 Å². The third kappa shape index (κ3) is 4.95. The van der Waals surface area contributed by atoms with Crippen LogP contribution in [-0.2, 0) is 9.53 Å². The van der Waals surface area contributed by atoms with Crippen LogP contribution in [0, 0.1) is 0 Å². The second-order valence-electron chi connectivity index (χ2n) is 5.26. The van der Waals surface area contributed by atoms with Crippen LogP contribution in [0.4, 0.5) is 11.4 Å². The molecule has 0 bridgehead atoms. The maximum Gasteiger partial charge on any atom is 0.342 e. The van der Waals surface area contributed by atoms with E-state index in [1.807, 2.05) is 0 Å². The van der Waals surface area contributed by atoms with Crippen molar-refractivity contribution < 1.29 is 28.5 Å². The molecule has 0 saturated carbocycles. The largest absolute Gasteiger partial charge is 0.497 e. The number of nitrogens with one attached hydrogen (secondary N) is 1. The summed E-state index contributed by atoms with van der Waals surface area (Å²) in [5.41, 5.74) is 6.40. The van der Waals surface area contributed by atoms with Crippen molar-refractivity contribution in [3.8, 4) is 17.2 Å². The van der Waals surface area contributed by atoms with Crippen molar-refractivity contribution in [3.63, 3.8) is 0 Å². The van der Waals surface area contributed by atoms with Gasteiger partial charge in [-0.25, -0.2) is 4.79 Å². The third-order valence-corrected chi connectivity index (χ3v) is 3.88. The van der Waals surface area contributed by atoms with Gasteiger partial charge in [0.1, 0.15) is 22.8 Å². The lowest BCUT2D eigenvalue weighted by Crippen LogP contribution is -2.21. The number of rotatable bonds is 7. The summed E-state index contributed by atoms with van der Waals surface area (Å²) in [6.45, 7) is -0.515. The van der Waals surface area contributed by atoms with Gasteiger partial charge >= 0.3 is 5.97 Å². The first-order valence-corrected chi connectivity index (χ1v) is 8.09. The summed E-state index contributed by atoms with van der Waals surface area (Å²) in [5, 5.41) is 2.77. The van der Waals surface area contributed by atoms with Crippen LogP contribution in [0.15, 0.2) is 30.3 Å². The van der Waals surface area contributed by atoms with E-state index >= 15 is 0 Å². The number of carbonyl (C=O) groups excluding carboxylic acids is 2. The van der Waals surface area contributed by atoms with E-state index in [2.05, 4.69) is 5.32 Å². The normalized spacial score (nSPS) is 10.1. The Morgan fingerprint density at radius 2 is 1.74 bits per heavy atom. The zero-order chi connectivity index (χ0) is 20.0. The highest BCUT2D eigenvalue weighted by atomic mass is 35.5. The van der Waals surface area contributed by atoms with Gasteiger partial charge in [0.25, 0.3) is 5.91 Å². The van der Waals surface area contributed by atoms with Crippen molar-refractivity contribution in [2.75, 3.05) is 39.0 Å². The van der Waals surface area contributed by atoms with Gasteiger partial charge in [-0.3, -0.25) is 4.79 Å². The molecule has 0 aliphatic carbocycles. The molecule has 8 nitrogen and oxygen atoms in total. The zero-order valence-electron chi connectivity index (χ0n) is 15.0. The van der Waals surface area contributed by atoms with E-state index in [4.69, 9.17) is 36.3 Å². The van der Waals surface area contributed by atoms with Crippen LogP contribution >= 0.6 is 11.6 Å². The summed E-state index contributed by atoms with van der Waals surface area (Å²) in [6, 6.07) is 7.61. The maximum absolute atomic E-state index is 12.2. The van der Waals surface area contributed by atoms with Gasteiger partial charge in [-0.1, -0.05) is 11.6 Å². The Morgan fingerprint density at radius 1 is 1.04 bits per heavy atom. The fraction of sp³-hybridized carbons (Fsp3) is 0.222. The summed E-state index contributed by atoms with van der Waals surface area (Å²) >= 11 is 5.92. The number of ether oxygens (including phenoxy) is 4. The minimum absolute atomic E-state index is 0.0616. The van der Waals surface area contributed by atoms with Gasteiger partial charge in [-0.2, -0.15) is 0 Å². The van der Waals surface area contributed by atoms with Crippen LogP contribution in [0.5, 0.6) is 17.2 Å². The van der Waals surface area contributed by atoms with Crippen LogP contribution in [0.2, 0.25) is 5.02 Å². The number of esters is 1. The number of amides is 1. The van der Waals surface area contributed by atoms with Crippen LogP contribution in [0.25, 0.3) is 0 Å². The first-order valence-electron chi connectivity index (χ1n) is 7.71. The molecule has 0 atom stereocenters. The number of hydrogen-bond acceptors (Lipinski definition) is 7. The molecule has 2 aromatic carbocycles. The number of nitrogen functional groups attached to an aromatic ring is 1. The highest BCUT2D eigenvalue weighted by molar-refractivity contribution is 6.33. The Kier molecular flexibility index (Phi) is 6.73. The summed E-state index contributed by atoms with van der Waals surface area (Å²) in [4.78, 5) is 24.3. The van der Waals surface area contributed by atoms with E-state index in [0.29, 0.717) is 17.2 Å². The monoisotopic (exact) mass is 394 g/mol. The molecule has 9 heteroatoms. The molecule has 3 N–H and O–H groups in total. The van der Waals surface area contributed by atoms with Crippen LogP contribution < -0.4 is 25.3 Å². The fourth-order valence-electron chi connectivity index (χ4n) is 2.19. The van der Waals surface area contributed by atoms with E-state index in [0.717, 1.165) is 0 Å². The van der Waals surface area contributed by atoms with Crippen molar-refractivity contribution in [1.29, 1.82) is 0 Å². The predicted molar refractivity (Wildman–Crippen MR) is 101 cm³/mol. The van der Waals surface area contributed by atoms with E-state index in [1.165, 1.54) is 33.5 Å². The molecule has 0 radical (unpaired) electrons. The molecule has 27 heavy (non-hydrogen) atoms. The lowest BCUT2D eigenvalue weighted by Gasteiger charge is -2.13. The molecule has 0 spiro atoms. The number of anilines is 2. The van der Waals surface area contributed by atoms with Gasteiger partial charge in [-0.15, -0.1) is 0 Å². The molecular weight excluding hydrogens is 376 g/mol. The summed E-state index contributed by atoms with van der Waals surface area (Å²) in [5.74, 6) is -0.151. The van der Waals surface area contributed by atoms with Crippen molar-refractivity contribution in [2.24, 2.45) is 0 Å². The van der Waals surface area contributed by atoms with Gasteiger partial charge in [0.15, 0.2) is 6.61 Å². The predicted octanol–water partition coefficient (Wildman–Crippen LogP) is 2.74. The Balaban J connectivity index is 2.04. The molecule has 2 aromatic rings. The molecule has 0 heterocycles. The first kappa shape index (κ1) is 20.2. The van der Waals surface area contributed by atoms with Gasteiger partial charge < -0.3 is 30.0 Å². The van der Waals surface area contributed by atoms with Crippen molar-refractivity contribution >= 4 is 34.9 Å². The highest BCUT2D eigenvalue weighted by Gasteiger charge is 2.18. The second kappa shape index (κ2) is 9.00. The topological polar surface area (TPSA) is 109 Å². The number of halogens is 1. The third-order valence-electron chi connectivity index (χ3n) is 3.56. The lowest BCUT2D eigenvalue weighted by molar-refractivity contribution is -0.119. The maximum atomic E-state index is 12.2. The Morgan fingerprint density at radius 3 is 2.37 bits per heavy atom. The van der Waals surface area contributed by atoms with E-state index in [1.54, 1.807) is 18.2 Å². The van der Waals surface area contributed by atoms with E-state index in [9.17, 15) is 9.59 Å². The molecule has 0 aliphatic rings. The Bertz CT molecular complexity index is 856. The quantitative estimate of drug-likeness (QED) is 0.548. The summed E-state index contributed by atoms with van der Waals surface area (Å²) in [6.07, 6.45) is 0. The number of benzene rings is 2. The van der Waals surface area contributed by atoms with Crippen molar-refractivity contribution in [3.05, 3.63) is 40.9 Å². The number of methoxy groups -OCH3 is 3. The van der Waals surface area contributed by atoms with Crippen LogP contribution in [-0.4, -0.2) is 39.8 Å². The fourth-order valence-corrected chi connectivity index (χ4v) is 2.36. The number of hydrogen-bond donors (Lipinski definition) is 2. The lowest BCUT2D eigenvalue weighted by atomic mass is 10.2. The van der Waals surface area contributed by atoms with Crippen LogP contribution in [0.3, 0.4) is 0 Å². The Hall–Kier alpha value is -3.13. The summed E-state index contributed by atoms with van der Waals surface area (Å²) in [7, 11) is 4.36. The molecule has 0 fully saturated rings. The van der Waals surface area contributed by atoms with Crippen molar-refractivity contribution in [1.82, 2.24) is 0 Å². The second-order valence-corrected chi connectivity index (χ2v) is 5.67. The molecule has 1 amide bonds. The minimum atomic E-state index is -0.773. The van der Waals surface area contributed by atoms with Crippen LogP contribution in [0.1, 0.15) is 10.4 Å². The SMILES string of the molecule is COc1ccc(NC(=O)COC(=O)c2cc(Cl)c(N)cc2OC)c(OC)c1. The molecule has 2 rings (SSSR count). The standard InChI is InChI=1S/C18H19ClN2O6/c1-24-10-4-5-14(16(6-10)26-3)21-17(22)9-27-18(23)11-7-12(19)13(20)8-15(11)25-2/h4-8H,9,20H2,1-3H3,(H,21,22). The van der Waals surface area contributed by atoms with E-state index < -0.39 is 18.5 Å². The molecule has 0 aromatic heterocycles. The highest BCUT2D eigenvalue weighted by Crippen LogP contribution is 2.30. The zero-order valence-corrected chi connectivity index (χ0v) is 15.8. The van der Waals surface area contributed by atoms with Crippen molar-refractivity contribution in [2.45, 2.75) is 0 Å². The van der Waals surface area contributed by atoms with E-state index in [-0.39, 0.29) is 22.0 Å². The molecular formula is C18H19ClN2O6. The average molecular weight is 395 g/mol. The van der Waals surface area contributed by atoms with Gasteiger partial charge in [-0.05, 0) is 18.2 Å². The van der Waals surface area contributed by atoms with Gasteiger partial charge in [0, 0.05) is 12.1 Å². The molecule has 0 unspecified atom stereocenters. The van der Waals surface area contributed by atoms with Gasteiger partial charge in [0.05, 0.1) is 37.7 Å². The first-order chi connectivity index (χ1) is 12.9.